The van der Waals surface area contributed by atoms with E-state index in [2.05, 4.69) is 18.4 Å². The Labute approximate surface area is 262 Å². The molecule has 3 saturated heterocycles. The molecule has 240 valence electrons. The highest BCUT2D eigenvalue weighted by atomic mass is 16.6. The van der Waals surface area contributed by atoms with Crippen LogP contribution in [0.25, 0.3) is 0 Å². The number of esters is 4. The molecule has 3 heterocycles. The summed E-state index contributed by atoms with van der Waals surface area (Å²) in [6.07, 6.45) is -3.06. The fourth-order valence-electron chi connectivity index (χ4n) is 12.5. The van der Waals surface area contributed by atoms with Gasteiger partial charge in [0.25, 0.3) is 0 Å². The summed E-state index contributed by atoms with van der Waals surface area (Å²) in [5, 5.41) is 12.2. The highest BCUT2D eigenvalue weighted by Crippen LogP contribution is 2.87. The van der Waals surface area contributed by atoms with Gasteiger partial charge in [-0.25, -0.2) is 4.79 Å². The van der Waals surface area contributed by atoms with Crippen LogP contribution in [0.1, 0.15) is 57.8 Å². The van der Waals surface area contributed by atoms with Gasteiger partial charge in [-0.2, -0.15) is 0 Å². The van der Waals surface area contributed by atoms with E-state index in [9.17, 15) is 24.3 Å². The second-order valence-electron chi connectivity index (χ2n) is 15.3. The van der Waals surface area contributed by atoms with Crippen LogP contribution >= 0.6 is 0 Å². The molecule has 0 amide bonds. The van der Waals surface area contributed by atoms with Crippen LogP contribution in [0, 0.1) is 45.8 Å². The molecule has 1 aromatic carbocycles. The molecule has 3 aliphatic heterocycles. The van der Waals surface area contributed by atoms with Gasteiger partial charge in [0.2, 0.25) is 0 Å². The average Bonchev–Trinajstić information content (AvgIpc) is 3.42. The minimum Gasteiger partial charge on any atom is -0.461 e. The van der Waals surface area contributed by atoms with Crippen molar-refractivity contribution in [3.63, 3.8) is 0 Å². The third-order valence-electron chi connectivity index (χ3n) is 12.9. The molecule has 0 aromatic heterocycles. The van der Waals surface area contributed by atoms with Crippen LogP contribution in [0.2, 0.25) is 0 Å². The number of hydrogen-bond donors (Lipinski definition) is 1. The molecule has 2 spiro atoms. The minimum atomic E-state index is -1.29. The number of nitrogens with zero attached hydrogens (tertiary/aromatic N) is 1. The lowest BCUT2D eigenvalue weighted by molar-refractivity contribution is -0.282. The number of piperidine rings is 2. The fraction of sp³-hybridized carbons (Fsp3) is 0.657. The van der Waals surface area contributed by atoms with Gasteiger partial charge in [-0.1, -0.05) is 51.1 Å². The summed E-state index contributed by atoms with van der Waals surface area (Å²) in [6, 6.07) is 8.73. The highest BCUT2D eigenvalue weighted by molar-refractivity contribution is 5.89. The normalized spacial score (nSPS) is 48.8. The zero-order valence-electron chi connectivity index (χ0n) is 26.3. The zero-order chi connectivity index (χ0) is 32.0. The molecule has 2 unspecified atom stereocenters. The third kappa shape index (κ3) is 3.32. The van der Waals surface area contributed by atoms with Gasteiger partial charge in [-0.15, -0.1) is 0 Å². The predicted molar refractivity (Wildman–Crippen MR) is 157 cm³/mol. The van der Waals surface area contributed by atoms with Crippen LogP contribution < -0.4 is 0 Å². The molecule has 15 atom stereocenters. The molecule has 0 radical (unpaired) electrons. The standard InChI is InChI=1S/C35H41NO9/c1-15(2)31(40)45-29-23(39)30(43-18(5)38)35-26-20-13-34-12-16(3)21(25(27(34)35)42-17(4)37)24(44-32(41)19-10-8-7-9-11-19)22(34)28(35)36(20)14-33(26,29)6/h7-11,15,20-30,39H,3,12-14H2,1-2,4-6H3/t20-,21-,22+,23-,24?,25+,26+,27+,28+,29+,30+,33+,34-,35+/m0/s1. The van der Waals surface area contributed by atoms with Crippen molar-refractivity contribution in [3.8, 4) is 0 Å². The Morgan fingerprint density at radius 1 is 0.956 bits per heavy atom. The van der Waals surface area contributed by atoms with Crippen LogP contribution in [0.3, 0.4) is 0 Å². The third-order valence-corrected chi connectivity index (χ3v) is 12.9. The van der Waals surface area contributed by atoms with E-state index in [-0.39, 0.29) is 29.8 Å². The van der Waals surface area contributed by atoms with E-state index in [1.165, 1.54) is 13.8 Å². The molecule has 9 aliphatic rings. The SMILES string of the molecule is C=C1C[C@]23C[C@H]4[C@@H]5[C@@]6(C)CN4[C@@H]4[C@H]2C(OC(=O)c2ccccc2)[C@H]1[C@@H](OC(C)=O)[C@H]3[C@]54[C@H](OC(C)=O)[C@@H](O)[C@H]6OC(=O)C(C)C. The lowest BCUT2D eigenvalue weighted by Gasteiger charge is -2.67. The maximum Gasteiger partial charge on any atom is 0.338 e. The summed E-state index contributed by atoms with van der Waals surface area (Å²) >= 11 is 0. The van der Waals surface area contributed by atoms with Crippen molar-refractivity contribution in [3.05, 3.63) is 48.0 Å². The Kier molecular flexibility index (Phi) is 5.96. The maximum atomic E-state index is 13.7. The molecule has 10 nitrogen and oxygen atoms in total. The van der Waals surface area contributed by atoms with Gasteiger partial charge in [0.15, 0.2) is 0 Å². The number of carbonyl (C=O) groups excluding carboxylic acids is 4. The number of hydrogen-bond acceptors (Lipinski definition) is 10. The molecular weight excluding hydrogens is 578 g/mol. The van der Waals surface area contributed by atoms with Gasteiger partial charge in [-0.3, -0.25) is 19.3 Å². The van der Waals surface area contributed by atoms with Crippen LogP contribution in [-0.4, -0.2) is 83.0 Å². The first-order valence-electron chi connectivity index (χ1n) is 16.2. The molecular formula is C35H41NO9. The van der Waals surface area contributed by atoms with E-state index in [1.54, 1.807) is 38.1 Å². The van der Waals surface area contributed by atoms with Crippen molar-refractivity contribution in [2.24, 2.45) is 45.8 Å². The summed E-state index contributed by atoms with van der Waals surface area (Å²) in [4.78, 5) is 54.8. The number of fused-ring (bicyclic) bond motifs is 1. The van der Waals surface area contributed by atoms with Crippen molar-refractivity contribution in [2.75, 3.05) is 6.54 Å². The first-order valence-corrected chi connectivity index (χ1v) is 16.2. The number of ether oxygens (including phenoxy) is 4. The lowest BCUT2D eigenvalue weighted by atomic mass is 9.38. The summed E-state index contributed by atoms with van der Waals surface area (Å²) in [5.41, 5.74) is -0.579. The Balaban J connectivity index is 1.32. The fourth-order valence-corrected chi connectivity index (χ4v) is 12.5. The molecule has 10 rings (SSSR count). The maximum absolute atomic E-state index is 13.7. The molecule has 6 aliphatic carbocycles. The van der Waals surface area contributed by atoms with Crippen LogP contribution in [0.5, 0.6) is 0 Å². The summed E-state index contributed by atoms with van der Waals surface area (Å²) in [5.74, 6) is -3.25. The van der Waals surface area contributed by atoms with E-state index >= 15 is 0 Å². The van der Waals surface area contributed by atoms with E-state index in [1.807, 2.05) is 6.07 Å². The van der Waals surface area contributed by atoms with E-state index < -0.39 is 82.5 Å². The van der Waals surface area contributed by atoms with Gasteiger partial charge in [0.05, 0.1) is 17.4 Å². The zero-order valence-corrected chi connectivity index (χ0v) is 26.3. The van der Waals surface area contributed by atoms with Gasteiger partial charge in [0, 0.05) is 55.1 Å². The van der Waals surface area contributed by atoms with Crippen LogP contribution in [0.15, 0.2) is 42.5 Å². The van der Waals surface area contributed by atoms with Gasteiger partial charge in [-0.05, 0) is 36.3 Å². The van der Waals surface area contributed by atoms with E-state index in [4.69, 9.17) is 18.9 Å². The number of aliphatic hydroxyl groups is 1. The largest absolute Gasteiger partial charge is 0.461 e. The first kappa shape index (κ1) is 29.2. The van der Waals surface area contributed by atoms with Crippen molar-refractivity contribution in [1.82, 2.24) is 4.90 Å². The lowest BCUT2D eigenvalue weighted by Crippen LogP contribution is -2.75. The Morgan fingerprint density at radius 3 is 2.29 bits per heavy atom. The molecule has 1 N–H and O–H groups in total. The molecule has 1 aromatic rings. The second-order valence-corrected chi connectivity index (χ2v) is 15.3. The topological polar surface area (TPSA) is 129 Å². The quantitative estimate of drug-likeness (QED) is 0.288. The van der Waals surface area contributed by atoms with Crippen LogP contribution in [0.4, 0.5) is 0 Å². The molecule has 9 bridgehead atoms. The second kappa shape index (κ2) is 9.18. The van der Waals surface area contributed by atoms with Crippen molar-refractivity contribution in [2.45, 2.75) is 90.1 Å². The van der Waals surface area contributed by atoms with Crippen molar-refractivity contribution >= 4 is 23.9 Å². The molecule has 10 heteroatoms. The predicted octanol–water partition coefficient (Wildman–Crippen LogP) is 2.92. The van der Waals surface area contributed by atoms with E-state index in [0.717, 1.165) is 12.0 Å². The first-order chi connectivity index (χ1) is 21.3. The van der Waals surface area contributed by atoms with Gasteiger partial charge in [0.1, 0.15) is 30.5 Å². The summed E-state index contributed by atoms with van der Waals surface area (Å²) in [7, 11) is 0. The minimum absolute atomic E-state index is 0.0733. The molecule has 45 heavy (non-hydrogen) atoms. The number of rotatable bonds is 6. The van der Waals surface area contributed by atoms with Crippen molar-refractivity contribution in [1.29, 1.82) is 0 Å². The van der Waals surface area contributed by atoms with Crippen LogP contribution in [-0.2, 0) is 33.3 Å². The van der Waals surface area contributed by atoms with Gasteiger partial charge < -0.3 is 24.1 Å². The number of benzene rings is 1. The monoisotopic (exact) mass is 619 g/mol. The molecule has 6 saturated carbocycles. The number of carbonyl (C=O) groups is 4. The summed E-state index contributed by atoms with van der Waals surface area (Å²) in [6.45, 7) is 13.3. The Hall–Kier alpha value is -3.24. The smallest absolute Gasteiger partial charge is 0.338 e. The van der Waals surface area contributed by atoms with E-state index in [0.29, 0.717) is 18.5 Å². The summed E-state index contributed by atoms with van der Waals surface area (Å²) < 4.78 is 25.0. The Morgan fingerprint density at radius 2 is 1.64 bits per heavy atom. The number of aliphatic hydroxyl groups excluding tert-OH is 1. The Bertz CT molecular complexity index is 1530. The highest BCUT2D eigenvalue weighted by Gasteiger charge is 2.95. The van der Waals surface area contributed by atoms with Gasteiger partial charge >= 0.3 is 23.9 Å². The molecule has 9 fully saturated rings. The average molecular weight is 620 g/mol. The van der Waals surface area contributed by atoms with Crippen molar-refractivity contribution < 1.29 is 43.2 Å².